The van der Waals surface area contributed by atoms with E-state index in [2.05, 4.69) is 35.9 Å². The van der Waals surface area contributed by atoms with E-state index < -0.39 is 6.17 Å². The van der Waals surface area contributed by atoms with Gasteiger partial charge in [0.2, 0.25) is 0 Å². The van der Waals surface area contributed by atoms with Gasteiger partial charge in [-0.2, -0.15) is 0 Å². The fourth-order valence-corrected chi connectivity index (χ4v) is 4.91. The number of rotatable bonds is 22. The highest BCUT2D eigenvalue weighted by atomic mass is 19.1. The molecular formula is C36H51FN2O2. The Labute approximate surface area is 248 Å². The zero-order valence-corrected chi connectivity index (χ0v) is 25.5. The Kier molecular flexibility index (Phi) is 15.9. The summed E-state index contributed by atoms with van der Waals surface area (Å²) in [5, 5.41) is 0. The van der Waals surface area contributed by atoms with Crippen LogP contribution in [0, 0.1) is 0 Å². The van der Waals surface area contributed by atoms with Crippen LogP contribution < -0.4 is 9.47 Å². The molecule has 1 aromatic heterocycles. The highest BCUT2D eigenvalue weighted by Crippen LogP contribution is 2.24. The number of hydrogen-bond acceptors (Lipinski definition) is 4. The Hall–Kier alpha value is -2.95. The number of hydrogen-bond donors (Lipinski definition) is 0. The molecule has 5 heteroatoms. The molecule has 0 N–H and O–H groups in total. The predicted molar refractivity (Wildman–Crippen MR) is 169 cm³/mol. The Bertz CT molecular complexity index is 1050. The van der Waals surface area contributed by atoms with Gasteiger partial charge in [0.05, 0.1) is 6.61 Å². The summed E-state index contributed by atoms with van der Waals surface area (Å²) in [5.74, 6) is 2.22. The van der Waals surface area contributed by atoms with Crippen LogP contribution in [0.25, 0.3) is 22.5 Å². The highest BCUT2D eigenvalue weighted by molar-refractivity contribution is 5.64. The summed E-state index contributed by atoms with van der Waals surface area (Å²) in [7, 11) is 0. The first-order valence-electron chi connectivity index (χ1n) is 16.1. The lowest BCUT2D eigenvalue weighted by Crippen LogP contribution is -2.12. The molecule has 224 valence electrons. The summed E-state index contributed by atoms with van der Waals surface area (Å²) in [5.41, 5.74) is 2.92. The van der Waals surface area contributed by atoms with Gasteiger partial charge in [-0.1, -0.05) is 109 Å². The van der Waals surface area contributed by atoms with Crippen LogP contribution in [0.5, 0.6) is 11.5 Å². The van der Waals surface area contributed by atoms with Crippen molar-refractivity contribution in [1.29, 1.82) is 0 Å². The first-order valence-corrected chi connectivity index (χ1v) is 16.1. The summed E-state index contributed by atoms with van der Waals surface area (Å²) < 4.78 is 25.7. The average Bonchev–Trinajstić information content (AvgIpc) is 3.01. The van der Waals surface area contributed by atoms with Crippen molar-refractivity contribution < 1.29 is 13.9 Å². The van der Waals surface area contributed by atoms with Crippen molar-refractivity contribution in [2.45, 2.75) is 116 Å². The van der Waals surface area contributed by atoms with Gasteiger partial charge in [-0.05, 0) is 54.8 Å². The van der Waals surface area contributed by atoms with Crippen LogP contribution in [0.3, 0.4) is 0 Å². The Balaban J connectivity index is 1.36. The van der Waals surface area contributed by atoms with Gasteiger partial charge >= 0.3 is 0 Å². The summed E-state index contributed by atoms with van der Waals surface area (Å²) in [6.45, 7) is 5.32. The normalized spacial score (nSPS) is 11.9. The second-order valence-electron chi connectivity index (χ2n) is 11.1. The molecule has 0 aliphatic rings. The molecule has 4 nitrogen and oxygen atoms in total. The van der Waals surface area contributed by atoms with Gasteiger partial charge in [-0.15, -0.1) is 0 Å². The van der Waals surface area contributed by atoms with Crippen molar-refractivity contribution in [2.75, 3.05) is 13.2 Å². The quantitative estimate of drug-likeness (QED) is 0.114. The minimum Gasteiger partial charge on any atom is -0.494 e. The molecule has 3 aromatic rings. The minimum absolute atomic E-state index is 0.0986. The molecule has 0 fully saturated rings. The minimum atomic E-state index is -0.924. The van der Waals surface area contributed by atoms with Gasteiger partial charge in [-0.3, -0.25) is 0 Å². The zero-order valence-electron chi connectivity index (χ0n) is 25.5. The third-order valence-corrected chi connectivity index (χ3v) is 7.52. The average molecular weight is 563 g/mol. The SMILES string of the molecule is CCCCCCCCCCCOc1ccc(-c2cnc(-c3ccc(OCC(F)CCCCCCC)cc3)nc2)cc1. The first-order chi connectivity index (χ1) is 20.2. The predicted octanol–water partition coefficient (Wildman–Crippen LogP) is 10.8. The molecule has 1 heterocycles. The number of aromatic nitrogens is 2. The maximum atomic E-state index is 14.1. The van der Waals surface area contributed by atoms with E-state index in [9.17, 15) is 4.39 Å². The molecule has 0 spiro atoms. The Morgan fingerprint density at radius 2 is 1.05 bits per heavy atom. The summed E-state index contributed by atoms with van der Waals surface area (Å²) in [6, 6.07) is 15.7. The van der Waals surface area contributed by atoms with E-state index in [0.717, 1.165) is 48.3 Å². The topological polar surface area (TPSA) is 44.2 Å². The van der Waals surface area contributed by atoms with Gasteiger partial charge in [0.15, 0.2) is 5.82 Å². The molecule has 3 rings (SSSR count). The van der Waals surface area contributed by atoms with Gasteiger partial charge in [0.1, 0.15) is 24.3 Å². The first kappa shape index (κ1) is 32.6. The lowest BCUT2D eigenvalue weighted by molar-refractivity contribution is 0.184. The second-order valence-corrected chi connectivity index (χ2v) is 11.1. The van der Waals surface area contributed by atoms with E-state index in [4.69, 9.17) is 9.47 Å². The fourth-order valence-electron chi connectivity index (χ4n) is 4.91. The van der Waals surface area contributed by atoms with Crippen LogP contribution in [-0.2, 0) is 0 Å². The molecule has 1 unspecified atom stereocenters. The Morgan fingerprint density at radius 3 is 1.63 bits per heavy atom. The summed E-state index contributed by atoms with van der Waals surface area (Å²) >= 11 is 0. The molecule has 2 aromatic carbocycles. The van der Waals surface area contributed by atoms with Gasteiger partial charge in [-0.25, -0.2) is 14.4 Å². The smallest absolute Gasteiger partial charge is 0.159 e. The van der Waals surface area contributed by atoms with Crippen LogP contribution in [0.4, 0.5) is 4.39 Å². The number of ether oxygens (including phenoxy) is 2. The monoisotopic (exact) mass is 562 g/mol. The number of benzene rings is 2. The third kappa shape index (κ3) is 13.1. The van der Waals surface area contributed by atoms with Gasteiger partial charge in [0.25, 0.3) is 0 Å². The van der Waals surface area contributed by atoms with E-state index in [-0.39, 0.29) is 6.61 Å². The van der Waals surface area contributed by atoms with Crippen molar-refractivity contribution >= 4 is 0 Å². The molecule has 1 atom stereocenters. The largest absolute Gasteiger partial charge is 0.494 e. The molecule has 0 radical (unpaired) electrons. The number of unbranched alkanes of at least 4 members (excludes halogenated alkanes) is 12. The summed E-state index contributed by atoms with van der Waals surface area (Å²) in [4.78, 5) is 9.14. The Morgan fingerprint density at radius 1 is 0.561 bits per heavy atom. The fraction of sp³-hybridized carbons (Fsp3) is 0.556. The number of alkyl halides is 1. The number of nitrogens with zero attached hydrogens (tertiary/aromatic N) is 2. The summed E-state index contributed by atoms with van der Waals surface area (Å²) in [6.07, 6.45) is 20.8. The standard InChI is InChI=1S/C36H51FN2O2/c1-3-5-7-9-10-11-12-14-16-26-40-34-22-18-30(19-23-34)32-27-38-36(39-28-32)31-20-24-35(25-21-31)41-29-33(37)17-15-13-8-6-4-2/h18-25,27-28,33H,3-17,26,29H2,1-2H3. The van der Waals surface area contributed by atoms with E-state index in [1.54, 1.807) is 0 Å². The van der Waals surface area contributed by atoms with Gasteiger partial charge < -0.3 is 9.47 Å². The van der Waals surface area contributed by atoms with Crippen LogP contribution in [-0.4, -0.2) is 29.4 Å². The number of halogens is 1. The van der Waals surface area contributed by atoms with Crippen LogP contribution >= 0.6 is 0 Å². The van der Waals surface area contributed by atoms with Crippen molar-refractivity contribution in [1.82, 2.24) is 9.97 Å². The second kappa shape index (κ2) is 20.0. The maximum Gasteiger partial charge on any atom is 0.159 e. The molecule has 0 aliphatic carbocycles. The molecule has 41 heavy (non-hydrogen) atoms. The lowest BCUT2D eigenvalue weighted by atomic mass is 10.1. The van der Waals surface area contributed by atoms with E-state index >= 15 is 0 Å². The van der Waals surface area contributed by atoms with E-state index in [0.29, 0.717) is 18.0 Å². The van der Waals surface area contributed by atoms with Crippen LogP contribution in [0.2, 0.25) is 0 Å². The van der Waals surface area contributed by atoms with Crippen molar-refractivity contribution in [3.05, 3.63) is 60.9 Å². The van der Waals surface area contributed by atoms with E-state index in [1.807, 2.05) is 48.8 Å². The van der Waals surface area contributed by atoms with Gasteiger partial charge in [0, 0.05) is 23.5 Å². The third-order valence-electron chi connectivity index (χ3n) is 7.52. The molecule has 0 saturated heterocycles. The zero-order chi connectivity index (χ0) is 29.0. The maximum absolute atomic E-state index is 14.1. The van der Waals surface area contributed by atoms with Crippen molar-refractivity contribution in [3.8, 4) is 34.0 Å². The van der Waals surface area contributed by atoms with Crippen molar-refractivity contribution in [2.24, 2.45) is 0 Å². The van der Waals surface area contributed by atoms with E-state index in [1.165, 1.54) is 70.6 Å². The lowest BCUT2D eigenvalue weighted by Gasteiger charge is -2.11. The highest BCUT2D eigenvalue weighted by Gasteiger charge is 2.09. The molecule has 0 bridgehead atoms. The molecule has 0 aliphatic heterocycles. The van der Waals surface area contributed by atoms with Crippen LogP contribution in [0.15, 0.2) is 60.9 Å². The van der Waals surface area contributed by atoms with Crippen molar-refractivity contribution in [3.63, 3.8) is 0 Å². The molecular weight excluding hydrogens is 511 g/mol. The molecule has 0 amide bonds. The molecule has 0 saturated carbocycles. The van der Waals surface area contributed by atoms with Crippen LogP contribution in [0.1, 0.15) is 110 Å².